The molecule has 0 amide bonds. The van der Waals surface area contributed by atoms with Crippen molar-refractivity contribution in [1.82, 2.24) is 23.9 Å². The third-order valence-corrected chi connectivity index (χ3v) is 7.25. The maximum absolute atomic E-state index is 13.1. The van der Waals surface area contributed by atoms with E-state index in [0.29, 0.717) is 11.7 Å². The molecule has 3 heterocycles. The Morgan fingerprint density at radius 1 is 1.12 bits per heavy atom. The molecule has 4 aromatic rings. The first kappa shape index (κ1) is 23.7. The van der Waals surface area contributed by atoms with Gasteiger partial charge in [0.05, 0.1) is 12.3 Å². The number of aryl methyl sites for hydroxylation is 2. The van der Waals surface area contributed by atoms with Crippen LogP contribution in [0.1, 0.15) is 27.7 Å². The molecule has 11 heteroatoms. The van der Waals surface area contributed by atoms with Gasteiger partial charge in [-0.25, -0.2) is 4.79 Å². The maximum Gasteiger partial charge on any atom is 0.332 e. The fraction of sp³-hybridized carbons (Fsp3) is 0.261. The molecule has 0 saturated heterocycles. The van der Waals surface area contributed by atoms with Crippen LogP contribution in [0.4, 0.5) is 5.82 Å². The smallest absolute Gasteiger partial charge is 0.332 e. The Morgan fingerprint density at radius 3 is 2.62 bits per heavy atom. The Kier molecular flexibility index (Phi) is 7.43. The van der Waals surface area contributed by atoms with E-state index in [2.05, 4.69) is 16.3 Å². The monoisotopic (exact) mass is 496 g/mol. The van der Waals surface area contributed by atoms with Gasteiger partial charge >= 0.3 is 5.69 Å². The highest BCUT2D eigenvalue weighted by atomic mass is 32.2. The van der Waals surface area contributed by atoms with E-state index in [0.717, 1.165) is 16.6 Å². The normalized spacial score (nSPS) is 11.1. The summed E-state index contributed by atoms with van der Waals surface area (Å²) < 4.78 is 4.20. The van der Waals surface area contributed by atoms with Crippen LogP contribution >= 0.6 is 23.1 Å². The van der Waals surface area contributed by atoms with Gasteiger partial charge in [-0.2, -0.15) is 0 Å². The largest absolute Gasteiger partial charge is 0.384 e. The minimum Gasteiger partial charge on any atom is -0.384 e. The number of thioether (sulfide) groups is 1. The lowest BCUT2D eigenvalue weighted by atomic mass is 10.2. The first-order chi connectivity index (χ1) is 16.5. The number of nitrogens with two attached hydrogens (primary N) is 1. The Morgan fingerprint density at radius 2 is 1.91 bits per heavy atom. The number of benzene rings is 1. The summed E-state index contributed by atoms with van der Waals surface area (Å²) in [6, 6.07) is 13.4. The van der Waals surface area contributed by atoms with E-state index in [1.807, 2.05) is 46.3 Å². The number of hydrogen-bond acceptors (Lipinski definition) is 8. The number of carbonyl (C=O) groups is 1. The summed E-state index contributed by atoms with van der Waals surface area (Å²) in [7, 11) is 0. The highest BCUT2D eigenvalue weighted by molar-refractivity contribution is 7.99. The Hall–Kier alpha value is -3.44. The van der Waals surface area contributed by atoms with Gasteiger partial charge in [-0.1, -0.05) is 48.2 Å². The summed E-state index contributed by atoms with van der Waals surface area (Å²) in [5.41, 5.74) is 5.69. The van der Waals surface area contributed by atoms with Crippen molar-refractivity contribution in [2.45, 2.75) is 38.1 Å². The molecule has 0 unspecified atom stereocenters. The molecule has 0 aliphatic rings. The highest BCUT2D eigenvalue weighted by Gasteiger charge is 2.23. The number of Topliss-reactive ketones (excluding diaryl/α,β-unsaturated/α-hetero) is 1. The van der Waals surface area contributed by atoms with Crippen LogP contribution < -0.4 is 17.0 Å². The molecule has 1 aromatic carbocycles. The molecule has 176 valence electrons. The number of rotatable bonds is 10. The van der Waals surface area contributed by atoms with Crippen LogP contribution in [0.2, 0.25) is 0 Å². The molecule has 0 bridgehead atoms. The number of nitrogens with zero attached hydrogens (tertiary/aromatic N) is 5. The molecule has 0 radical (unpaired) electrons. The van der Waals surface area contributed by atoms with E-state index in [9.17, 15) is 14.4 Å². The molecule has 0 aliphatic heterocycles. The Labute approximate surface area is 203 Å². The van der Waals surface area contributed by atoms with Crippen LogP contribution in [-0.2, 0) is 26.1 Å². The molecule has 0 saturated carbocycles. The van der Waals surface area contributed by atoms with E-state index in [1.54, 1.807) is 24.6 Å². The van der Waals surface area contributed by atoms with Crippen molar-refractivity contribution >= 4 is 34.7 Å². The molecule has 34 heavy (non-hydrogen) atoms. The number of carbonyl (C=O) groups excluding carboxylic acids is 1. The molecule has 4 rings (SSSR count). The molecule has 9 nitrogen and oxygen atoms in total. The zero-order valence-corrected chi connectivity index (χ0v) is 20.2. The first-order valence-corrected chi connectivity index (χ1v) is 12.6. The molecule has 0 spiro atoms. The fourth-order valence-electron chi connectivity index (χ4n) is 3.57. The van der Waals surface area contributed by atoms with E-state index in [4.69, 9.17) is 5.73 Å². The third-order valence-electron chi connectivity index (χ3n) is 5.34. The number of hydrogen-bond donors (Lipinski definition) is 1. The second-order valence-electron chi connectivity index (χ2n) is 7.51. The minimum atomic E-state index is -0.668. The van der Waals surface area contributed by atoms with Gasteiger partial charge in [-0.15, -0.1) is 21.5 Å². The van der Waals surface area contributed by atoms with Crippen molar-refractivity contribution in [2.24, 2.45) is 0 Å². The highest BCUT2D eigenvalue weighted by Crippen LogP contribution is 2.19. The zero-order valence-electron chi connectivity index (χ0n) is 18.6. The molecule has 0 fully saturated rings. The van der Waals surface area contributed by atoms with E-state index >= 15 is 0 Å². The number of nitrogen functional groups attached to an aromatic ring is 1. The second kappa shape index (κ2) is 10.7. The van der Waals surface area contributed by atoms with Crippen LogP contribution in [0.25, 0.3) is 0 Å². The molecule has 3 aromatic heterocycles. The second-order valence-corrected chi connectivity index (χ2v) is 9.49. The molecule has 0 aliphatic carbocycles. The van der Waals surface area contributed by atoms with Gasteiger partial charge in [0.1, 0.15) is 17.7 Å². The van der Waals surface area contributed by atoms with Crippen LogP contribution in [-0.4, -0.2) is 35.4 Å². The van der Waals surface area contributed by atoms with Crippen LogP contribution in [0.3, 0.4) is 0 Å². The Balaban J connectivity index is 1.56. The number of ketones is 1. The van der Waals surface area contributed by atoms with Gasteiger partial charge in [0.25, 0.3) is 5.56 Å². The van der Waals surface area contributed by atoms with Gasteiger partial charge in [0, 0.05) is 18.0 Å². The standard InChI is InChI=1S/C23H24N6O3S2/c1-2-28-21(31)19(20(24)29(23(28)32)13-16-7-4-3-5-8-16)18(30)14-34-22-26-25-15-27(22)11-10-17-9-6-12-33-17/h3-9,12,15H,2,10-11,13-14,24H2,1H3. The predicted octanol–water partition coefficient (Wildman–Crippen LogP) is 2.53. The summed E-state index contributed by atoms with van der Waals surface area (Å²) in [4.78, 5) is 40.2. The van der Waals surface area contributed by atoms with Crippen molar-refractivity contribution in [2.75, 3.05) is 11.5 Å². The van der Waals surface area contributed by atoms with Crippen LogP contribution in [0, 0.1) is 0 Å². The number of anilines is 1. The number of thiophene rings is 1. The zero-order chi connectivity index (χ0) is 24.1. The third kappa shape index (κ3) is 5.05. The van der Waals surface area contributed by atoms with E-state index in [1.165, 1.54) is 21.2 Å². The van der Waals surface area contributed by atoms with Crippen molar-refractivity contribution in [1.29, 1.82) is 0 Å². The minimum absolute atomic E-state index is 0.0512. The summed E-state index contributed by atoms with van der Waals surface area (Å²) in [6.07, 6.45) is 2.45. The summed E-state index contributed by atoms with van der Waals surface area (Å²) in [5, 5.41) is 10.7. The summed E-state index contributed by atoms with van der Waals surface area (Å²) >= 11 is 2.87. The van der Waals surface area contributed by atoms with Gasteiger partial charge in [0.2, 0.25) is 0 Å². The molecular formula is C23H24N6O3S2. The average Bonchev–Trinajstić information content (AvgIpc) is 3.52. The van der Waals surface area contributed by atoms with Gasteiger partial charge in [-0.05, 0) is 30.4 Å². The molecule has 0 atom stereocenters. The van der Waals surface area contributed by atoms with Crippen molar-refractivity contribution < 1.29 is 4.79 Å². The van der Waals surface area contributed by atoms with Crippen LogP contribution in [0.5, 0.6) is 0 Å². The summed E-state index contributed by atoms with van der Waals surface area (Å²) in [5.74, 6) is -0.623. The fourth-order valence-corrected chi connectivity index (χ4v) is 5.08. The lowest BCUT2D eigenvalue weighted by molar-refractivity contribution is 0.102. The van der Waals surface area contributed by atoms with Crippen molar-refractivity contribution in [3.63, 3.8) is 0 Å². The van der Waals surface area contributed by atoms with E-state index in [-0.39, 0.29) is 30.2 Å². The lowest BCUT2D eigenvalue weighted by Gasteiger charge is -2.15. The quantitative estimate of drug-likeness (QED) is 0.265. The molecular weight excluding hydrogens is 472 g/mol. The van der Waals surface area contributed by atoms with Gasteiger partial charge in [-0.3, -0.25) is 18.7 Å². The first-order valence-electron chi connectivity index (χ1n) is 10.7. The van der Waals surface area contributed by atoms with Crippen LogP contribution in [0.15, 0.2) is 68.9 Å². The average molecular weight is 497 g/mol. The number of aromatic nitrogens is 5. The SMILES string of the molecule is CCn1c(=O)c(C(=O)CSc2nncn2CCc2cccs2)c(N)n(Cc2ccccc2)c1=O. The summed E-state index contributed by atoms with van der Waals surface area (Å²) in [6.45, 7) is 2.66. The van der Waals surface area contributed by atoms with Crippen molar-refractivity contribution in [3.8, 4) is 0 Å². The Bertz CT molecular complexity index is 1390. The maximum atomic E-state index is 13.1. The molecule has 2 N–H and O–H groups in total. The lowest BCUT2D eigenvalue weighted by Crippen LogP contribution is -2.44. The predicted molar refractivity (Wildman–Crippen MR) is 134 cm³/mol. The van der Waals surface area contributed by atoms with Gasteiger partial charge < -0.3 is 10.3 Å². The van der Waals surface area contributed by atoms with Crippen molar-refractivity contribution in [3.05, 3.63) is 91.0 Å². The van der Waals surface area contributed by atoms with E-state index < -0.39 is 17.0 Å². The van der Waals surface area contributed by atoms with Gasteiger partial charge in [0.15, 0.2) is 10.9 Å². The topological polar surface area (TPSA) is 118 Å².